The number of hydrogen-bond donors (Lipinski definition) is 0. The zero-order valence-corrected chi connectivity index (χ0v) is 34.9. The van der Waals surface area contributed by atoms with Crippen molar-refractivity contribution in [2.24, 2.45) is 0 Å². The Morgan fingerprint density at radius 2 is 0.938 bits per heavy atom. The van der Waals surface area contributed by atoms with Gasteiger partial charge in [0.05, 0.1) is 33.1 Å². The Labute approximate surface area is 371 Å². The Kier molecular flexibility index (Phi) is 7.59. The fourth-order valence-electron chi connectivity index (χ4n) is 10.2. The van der Waals surface area contributed by atoms with Crippen LogP contribution in [0, 0.1) is 0 Å². The molecular weight excluding hydrogens is 795 g/mol. The minimum Gasteiger partial charge on any atom is -0.455 e. The molecule has 0 amide bonds. The van der Waals surface area contributed by atoms with Crippen LogP contribution in [0.4, 0.5) is 0 Å². The molecule has 14 rings (SSSR count). The van der Waals surface area contributed by atoms with Gasteiger partial charge in [-0.3, -0.25) is 0 Å². The van der Waals surface area contributed by atoms with E-state index in [2.05, 4.69) is 197 Å². The summed E-state index contributed by atoms with van der Waals surface area (Å²) in [6.45, 7) is 0. The molecule has 0 unspecified atom stereocenters. The highest BCUT2D eigenvalue weighted by atomic mass is 16.3. The number of furan rings is 1. The smallest absolute Gasteiger partial charge is 0.164 e. The number of benzene rings is 10. The molecule has 0 aliphatic heterocycles. The first-order valence-electron chi connectivity index (χ1n) is 21.9. The maximum atomic E-state index is 6.96. The van der Waals surface area contributed by atoms with Crippen LogP contribution in [0.25, 0.3) is 133 Å². The van der Waals surface area contributed by atoms with Crippen molar-refractivity contribution in [2.75, 3.05) is 0 Å². The molecule has 0 N–H and O–H groups in total. The van der Waals surface area contributed by atoms with Crippen LogP contribution in [0.15, 0.2) is 217 Å². The highest BCUT2D eigenvalue weighted by Gasteiger charge is 2.24. The number of aromatic nitrogens is 5. The Bertz CT molecular complexity index is 4240. The molecule has 0 radical (unpaired) electrons. The molecule has 302 valence electrons. The number of hydrogen-bond acceptors (Lipinski definition) is 4. The monoisotopic (exact) mass is 829 g/mol. The van der Waals surface area contributed by atoms with Crippen molar-refractivity contribution in [1.82, 2.24) is 24.1 Å². The summed E-state index contributed by atoms with van der Waals surface area (Å²) in [5, 5.41) is 11.2. The quantitative estimate of drug-likeness (QED) is 0.173. The summed E-state index contributed by atoms with van der Waals surface area (Å²) in [4.78, 5) is 15.7. The van der Waals surface area contributed by atoms with E-state index in [0.29, 0.717) is 17.5 Å². The van der Waals surface area contributed by atoms with Crippen LogP contribution in [0.5, 0.6) is 0 Å². The molecule has 0 saturated heterocycles. The fraction of sp³-hybridized carbons (Fsp3) is 0. The first-order valence-corrected chi connectivity index (χ1v) is 21.9. The number of nitrogens with zero attached hydrogens (tertiary/aromatic N) is 5. The minimum absolute atomic E-state index is 0.588. The van der Waals surface area contributed by atoms with Crippen LogP contribution in [0.3, 0.4) is 0 Å². The Balaban J connectivity index is 1.10. The van der Waals surface area contributed by atoms with E-state index < -0.39 is 0 Å². The van der Waals surface area contributed by atoms with Crippen molar-refractivity contribution >= 4 is 87.1 Å². The van der Waals surface area contributed by atoms with Gasteiger partial charge in [0, 0.05) is 54.7 Å². The molecule has 0 atom stereocenters. The molecule has 14 aromatic rings. The molecule has 6 heteroatoms. The lowest BCUT2D eigenvalue weighted by molar-refractivity contribution is 0.672. The lowest BCUT2D eigenvalue weighted by Crippen LogP contribution is -2.01. The number of fused-ring (bicyclic) bond motifs is 12. The largest absolute Gasteiger partial charge is 0.455 e. The van der Waals surface area contributed by atoms with Crippen molar-refractivity contribution in [3.63, 3.8) is 0 Å². The average Bonchev–Trinajstić information content (AvgIpc) is 4.03. The van der Waals surface area contributed by atoms with Gasteiger partial charge in [-0.15, -0.1) is 0 Å². The number of rotatable bonds is 5. The summed E-state index contributed by atoms with van der Waals surface area (Å²) in [5.41, 5.74) is 11.1. The average molecular weight is 830 g/mol. The molecule has 0 aliphatic rings. The van der Waals surface area contributed by atoms with E-state index in [-0.39, 0.29) is 0 Å². The van der Waals surface area contributed by atoms with Gasteiger partial charge in [0.1, 0.15) is 11.2 Å². The SMILES string of the molecule is c1ccc(-c2nc(-c3ccc4ccccc4c3)nc(-c3cccc4c3cc(-n3c5ccccc5c5cc6c7ccccc7n(-c7ccccc7)c6cc53)c3c5ccccc5oc43)n2)cc1. The van der Waals surface area contributed by atoms with Crippen LogP contribution in [0.1, 0.15) is 0 Å². The lowest BCUT2D eigenvalue weighted by Gasteiger charge is -2.15. The van der Waals surface area contributed by atoms with Crippen LogP contribution >= 0.6 is 0 Å². The maximum absolute atomic E-state index is 6.96. The third-order valence-corrected chi connectivity index (χ3v) is 13.1. The molecule has 0 saturated carbocycles. The van der Waals surface area contributed by atoms with Crippen molar-refractivity contribution in [2.45, 2.75) is 0 Å². The van der Waals surface area contributed by atoms with Crippen LogP contribution < -0.4 is 0 Å². The van der Waals surface area contributed by atoms with E-state index in [1.54, 1.807) is 0 Å². The topological polar surface area (TPSA) is 61.7 Å². The zero-order valence-electron chi connectivity index (χ0n) is 34.9. The summed E-state index contributed by atoms with van der Waals surface area (Å²) in [6.07, 6.45) is 0. The number of para-hydroxylation sites is 4. The molecule has 4 heterocycles. The molecular formula is C59H35N5O. The van der Waals surface area contributed by atoms with Crippen molar-refractivity contribution in [1.29, 1.82) is 0 Å². The molecule has 0 bridgehead atoms. The summed E-state index contributed by atoms with van der Waals surface area (Å²) in [7, 11) is 0. The Morgan fingerprint density at radius 1 is 0.338 bits per heavy atom. The van der Waals surface area contributed by atoms with Crippen molar-refractivity contribution < 1.29 is 4.42 Å². The van der Waals surface area contributed by atoms with E-state index >= 15 is 0 Å². The van der Waals surface area contributed by atoms with E-state index in [0.717, 1.165) is 88.1 Å². The highest BCUT2D eigenvalue weighted by Crippen LogP contribution is 2.45. The molecule has 0 spiro atoms. The highest BCUT2D eigenvalue weighted by molar-refractivity contribution is 6.24. The second kappa shape index (κ2) is 13.8. The normalized spacial score (nSPS) is 12.0. The second-order valence-electron chi connectivity index (χ2n) is 16.8. The first kappa shape index (κ1) is 35.7. The second-order valence-corrected chi connectivity index (χ2v) is 16.8. The van der Waals surface area contributed by atoms with E-state index in [1.165, 1.54) is 27.1 Å². The third kappa shape index (κ3) is 5.38. The van der Waals surface area contributed by atoms with Gasteiger partial charge in [0.15, 0.2) is 17.5 Å². The summed E-state index contributed by atoms with van der Waals surface area (Å²) >= 11 is 0. The van der Waals surface area contributed by atoms with Gasteiger partial charge in [-0.1, -0.05) is 158 Å². The fourth-order valence-corrected chi connectivity index (χ4v) is 10.2. The van der Waals surface area contributed by atoms with Gasteiger partial charge in [-0.2, -0.15) is 0 Å². The van der Waals surface area contributed by atoms with Gasteiger partial charge >= 0.3 is 0 Å². The lowest BCUT2D eigenvalue weighted by atomic mass is 9.99. The van der Waals surface area contributed by atoms with Crippen molar-refractivity contribution in [3.05, 3.63) is 212 Å². The molecule has 10 aromatic carbocycles. The zero-order chi connectivity index (χ0) is 42.6. The standard InChI is InChI=1S/C59H35N5O/c1-3-17-37(18-4-1)57-60-58(39-31-30-36-16-7-8-19-38(36)32-39)62-59(61-57)44-26-15-25-43-46(44)34-53(55-45-24-11-14-29-54(45)65-56(43)55)64-50-28-13-10-23-42(50)48-33-47-41-22-9-12-27-49(41)63(51(47)35-52(48)64)40-20-5-2-6-21-40/h1-35H. The van der Waals surface area contributed by atoms with Crippen LogP contribution in [-0.2, 0) is 0 Å². The first-order chi connectivity index (χ1) is 32.2. The molecule has 0 aliphatic carbocycles. The predicted octanol–water partition coefficient (Wildman–Crippen LogP) is 15.3. The summed E-state index contributed by atoms with van der Waals surface area (Å²) in [6, 6.07) is 75.0. The molecule has 65 heavy (non-hydrogen) atoms. The Hall–Kier alpha value is -8.87. The van der Waals surface area contributed by atoms with Gasteiger partial charge in [0.25, 0.3) is 0 Å². The molecule has 6 nitrogen and oxygen atoms in total. The van der Waals surface area contributed by atoms with E-state index in [4.69, 9.17) is 19.4 Å². The minimum atomic E-state index is 0.588. The third-order valence-electron chi connectivity index (χ3n) is 13.1. The molecule has 4 aromatic heterocycles. The van der Waals surface area contributed by atoms with Crippen LogP contribution in [-0.4, -0.2) is 24.1 Å². The Morgan fingerprint density at radius 3 is 1.72 bits per heavy atom. The van der Waals surface area contributed by atoms with E-state index in [9.17, 15) is 0 Å². The predicted molar refractivity (Wildman–Crippen MR) is 267 cm³/mol. The van der Waals surface area contributed by atoms with Crippen LogP contribution in [0.2, 0.25) is 0 Å². The maximum Gasteiger partial charge on any atom is 0.164 e. The van der Waals surface area contributed by atoms with Gasteiger partial charge < -0.3 is 13.6 Å². The van der Waals surface area contributed by atoms with E-state index in [1.807, 2.05) is 24.3 Å². The van der Waals surface area contributed by atoms with Crippen molar-refractivity contribution in [3.8, 4) is 45.5 Å². The summed E-state index contributed by atoms with van der Waals surface area (Å²) in [5.74, 6) is 1.81. The molecule has 0 fully saturated rings. The van der Waals surface area contributed by atoms with Gasteiger partial charge in [-0.25, -0.2) is 15.0 Å². The van der Waals surface area contributed by atoms with Gasteiger partial charge in [-0.05, 0) is 70.8 Å². The summed E-state index contributed by atoms with van der Waals surface area (Å²) < 4.78 is 11.8. The van der Waals surface area contributed by atoms with Gasteiger partial charge in [0.2, 0.25) is 0 Å².